The molecule has 0 aliphatic carbocycles. The van der Waals surface area contributed by atoms with Crippen LogP contribution in [-0.2, 0) is 14.4 Å². The number of thiol groups is 1. The van der Waals surface area contributed by atoms with Gasteiger partial charge in [-0.2, -0.15) is 37.9 Å². The van der Waals surface area contributed by atoms with Gasteiger partial charge in [0.25, 0.3) is 0 Å². The first-order valence-corrected chi connectivity index (χ1v) is 15.5. The van der Waals surface area contributed by atoms with E-state index in [1.54, 1.807) is 0 Å². The van der Waals surface area contributed by atoms with Crippen LogP contribution in [0.4, 0.5) is 0 Å². The molecule has 0 aliphatic rings. The summed E-state index contributed by atoms with van der Waals surface area (Å²) < 4.78 is 0. The van der Waals surface area contributed by atoms with Gasteiger partial charge in [0.2, 0.25) is 0 Å². The monoisotopic (exact) mass is 431 g/mol. The Morgan fingerprint density at radius 3 is 1.22 bits per heavy atom. The summed E-state index contributed by atoms with van der Waals surface area (Å²) in [5.74, 6) is -2.09. The van der Waals surface area contributed by atoms with Gasteiger partial charge >= 0.3 is 134 Å². The van der Waals surface area contributed by atoms with E-state index in [4.69, 9.17) is 0 Å². The van der Waals surface area contributed by atoms with Crippen LogP contribution in [0.3, 0.4) is 0 Å². The van der Waals surface area contributed by atoms with Crippen LogP contribution in [0, 0.1) is 0 Å². The summed E-state index contributed by atoms with van der Waals surface area (Å²) in [5.41, 5.74) is 0. The third-order valence-corrected chi connectivity index (χ3v) is 2.43. The molecular weight excluding hydrogens is 415 g/mol. The second kappa shape index (κ2) is 41.0. The van der Waals surface area contributed by atoms with Crippen LogP contribution >= 0.6 is 37.9 Å². The van der Waals surface area contributed by atoms with Crippen molar-refractivity contribution in [3.63, 3.8) is 0 Å². The molecule has 0 saturated carbocycles. The Hall–Kier alpha value is 4.46. The van der Waals surface area contributed by atoms with E-state index in [-0.39, 0.29) is 123 Å². The van der Waals surface area contributed by atoms with E-state index in [0.717, 1.165) is 0 Å². The van der Waals surface area contributed by atoms with Gasteiger partial charge in [-0.3, -0.25) is 0 Å². The molecule has 110 valence electrons. The van der Waals surface area contributed by atoms with E-state index in [1.165, 1.54) is 55.4 Å². The summed E-state index contributed by atoms with van der Waals surface area (Å²) in [7, 11) is 0. The molecule has 0 amide bonds. The van der Waals surface area contributed by atoms with Gasteiger partial charge in [-0.05, 0) is 36.5 Å². The Kier molecular flexibility index (Phi) is 81.8. The molecule has 0 unspecified atom stereocenters. The fraction of sp³-hybridized carbons (Fsp3) is 0.667. The zero-order valence-electron chi connectivity index (χ0n) is 15.5. The minimum absolute atomic E-state index is 0. The van der Waals surface area contributed by atoms with Crippen molar-refractivity contribution in [2.75, 3.05) is 17.3 Å². The number of aliphatic carboxylic acids is 3. The van der Waals surface area contributed by atoms with Crippen molar-refractivity contribution in [3.8, 4) is 0 Å². The van der Waals surface area contributed by atoms with E-state index in [1.807, 2.05) is 0 Å². The van der Waals surface area contributed by atoms with Gasteiger partial charge in [-0.1, -0.05) is 0 Å². The fourth-order valence-corrected chi connectivity index (χ4v) is 1.51. The molecule has 0 atom stereocenters. The van der Waals surface area contributed by atoms with Crippen LogP contribution < -0.4 is 104 Å². The molecule has 0 saturated heterocycles. The number of thioether (sulfide) groups is 1. The summed E-state index contributed by atoms with van der Waals surface area (Å²) in [6.07, 6.45) is -0.0153. The summed E-state index contributed by atoms with van der Waals surface area (Å²) >= 11 is 7.80. The predicted octanol–water partition coefficient (Wildman–Crippen LogP) is -12.5. The van der Waals surface area contributed by atoms with Crippen LogP contribution in [0.25, 0.3) is 0 Å². The van der Waals surface area contributed by atoms with Gasteiger partial charge in [0.05, 0.1) is 0 Å². The number of hydrogen-bond acceptors (Lipinski definition) is 8. The summed E-state index contributed by atoms with van der Waals surface area (Å²) in [6.45, 7) is 0. The number of carboxylic acids is 3. The summed E-state index contributed by atoms with van der Waals surface area (Å²) in [5, 5.41) is 29.1. The average molecular weight is 431 g/mol. The topological polar surface area (TPSA) is 120 Å². The van der Waals surface area contributed by atoms with Crippen LogP contribution in [0.5, 0.6) is 0 Å². The van der Waals surface area contributed by atoms with Gasteiger partial charge in [-0.25, -0.2) is 0 Å². The Morgan fingerprint density at radius 1 is 0.826 bits per heavy atom. The quantitative estimate of drug-likeness (QED) is 0.230. The SMILES string of the molecule is O=C([O-])CCS.O=C([O-])CCSCCC(=O)[O-].S.[H+].[Na+].[Na+].[Na+].[Na][Na]. The van der Waals surface area contributed by atoms with Crippen molar-refractivity contribution in [2.24, 2.45) is 0 Å². The number of rotatable bonds is 8. The minimum atomic E-state index is -1.11. The third-order valence-electron chi connectivity index (χ3n) is 1.22. The average Bonchev–Trinajstić information content (AvgIpc) is 2.31. The van der Waals surface area contributed by atoms with Crippen LogP contribution in [0.1, 0.15) is 20.7 Å². The molecule has 0 radical (unpaired) electrons. The molecular formula is C9H16Na5O6S3+. The Bertz CT molecular complexity index is 254. The van der Waals surface area contributed by atoms with Crippen LogP contribution in [-0.4, -0.2) is 78.8 Å². The molecule has 0 aromatic rings. The second-order valence-electron chi connectivity index (χ2n) is 2.70. The number of hydrogen-bond donors (Lipinski definition) is 1. The molecule has 0 spiro atoms. The van der Waals surface area contributed by atoms with Crippen molar-refractivity contribution >= 4 is 99.4 Å². The first-order valence-electron chi connectivity index (χ1n) is 5.68. The number of carboxylic acid groups (broad SMARTS) is 3. The van der Waals surface area contributed by atoms with Crippen molar-refractivity contribution in [2.45, 2.75) is 19.3 Å². The Balaban J connectivity index is -0.0000000291. The Labute approximate surface area is 250 Å². The molecule has 0 heterocycles. The standard InChI is InChI=1S/C6H10O4S.C3H6O2S.5Na.H2S/c7-5(8)1-3-11-4-2-6(9)10;4-3(5)1-2-6;;;;;;/h1-4H2,(H,7,8)(H,9,10);6H,1-2H2,(H,4,5);;;;;;1H2/q;;;;3*+1;/p-2. The molecule has 0 aromatic heterocycles. The normalized spacial score (nSPS) is 7.00. The van der Waals surface area contributed by atoms with Crippen molar-refractivity contribution in [1.82, 2.24) is 0 Å². The van der Waals surface area contributed by atoms with Gasteiger partial charge < -0.3 is 29.7 Å². The Morgan fingerprint density at radius 2 is 1.09 bits per heavy atom. The predicted molar refractivity (Wildman–Crippen MR) is 83.1 cm³/mol. The fourth-order valence-electron chi connectivity index (χ4n) is 0.504. The zero-order valence-corrected chi connectivity index (χ0v) is 27.3. The molecule has 14 heteroatoms. The van der Waals surface area contributed by atoms with Crippen molar-refractivity contribution in [3.05, 3.63) is 0 Å². The molecule has 23 heavy (non-hydrogen) atoms. The van der Waals surface area contributed by atoms with E-state index in [9.17, 15) is 29.7 Å². The van der Waals surface area contributed by atoms with Gasteiger partial charge in [0.15, 0.2) is 0 Å². The maximum atomic E-state index is 9.84. The van der Waals surface area contributed by atoms with E-state index < -0.39 is 17.9 Å². The summed E-state index contributed by atoms with van der Waals surface area (Å²) in [4.78, 5) is 29.1. The third kappa shape index (κ3) is 66.2. The van der Waals surface area contributed by atoms with Gasteiger partial charge in [0, 0.05) is 17.9 Å². The molecule has 0 N–H and O–H groups in total. The molecule has 0 aromatic carbocycles. The first kappa shape index (κ1) is 45.9. The van der Waals surface area contributed by atoms with Crippen LogP contribution in [0.15, 0.2) is 0 Å². The molecule has 0 fully saturated rings. The summed E-state index contributed by atoms with van der Waals surface area (Å²) in [6, 6.07) is 0. The number of carbonyl (C=O) groups excluding carboxylic acids is 3. The van der Waals surface area contributed by atoms with Crippen molar-refractivity contribution < 1.29 is 120 Å². The molecule has 0 rings (SSSR count). The zero-order chi connectivity index (χ0) is 15.7. The molecule has 6 nitrogen and oxygen atoms in total. The molecule has 0 bridgehead atoms. The van der Waals surface area contributed by atoms with E-state index in [2.05, 4.69) is 12.6 Å². The van der Waals surface area contributed by atoms with Gasteiger partial charge in [0.1, 0.15) is 0 Å². The van der Waals surface area contributed by atoms with Gasteiger partial charge in [-0.15, -0.1) is 0 Å². The number of carbonyl (C=O) groups is 3. The maximum absolute atomic E-state index is 9.84. The first-order chi connectivity index (χ1) is 8.90. The van der Waals surface area contributed by atoms with Crippen molar-refractivity contribution in [1.29, 1.82) is 0 Å². The van der Waals surface area contributed by atoms with E-state index in [0.29, 0.717) is 17.3 Å². The van der Waals surface area contributed by atoms with E-state index >= 15 is 0 Å². The molecule has 0 aliphatic heterocycles. The second-order valence-corrected chi connectivity index (χ2v) is 4.37. The van der Waals surface area contributed by atoms with Crippen LogP contribution in [0.2, 0.25) is 0 Å².